The summed E-state index contributed by atoms with van der Waals surface area (Å²) in [5, 5.41) is 4.97. The highest BCUT2D eigenvalue weighted by atomic mass is 35.5. The molecule has 144 valence electrons. The molecule has 1 heterocycles. The Morgan fingerprint density at radius 2 is 1.72 bits per heavy atom. The lowest BCUT2D eigenvalue weighted by molar-refractivity contribution is 0.103. The van der Waals surface area contributed by atoms with Gasteiger partial charge in [-0.2, -0.15) is 5.10 Å². The van der Waals surface area contributed by atoms with E-state index in [9.17, 15) is 4.79 Å². The predicted octanol–water partition coefficient (Wildman–Crippen LogP) is 5.64. The van der Waals surface area contributed by atoms with Crippen LogP contribution in [0.25, 0.3) is 5.69 Å². The van der Waals surface area contributed by atoms with Gasteiger partial charge in [-0.25, -0.2) is 4.68 Å². The van der Waals surface area contributed by atoms with Crippen molar-refractivity contribution >= 4 is 17.4 Å². The van der Waals surface area contributed by atoms with E-state index in [4.69, 9.17) is 16.3 Å². The fourth-order valence-electron chi connectivity index (χ4n) is 2.99. The van der Waals surface area contributed by atoms with Crippen LogP contribution in [0.15, 0.2) is 85.2 Å². The summed E-state index contributed by atoms with van der Waals surface area (Å²) < 4.78 is 7.61. The Balaban J connectivity index is 1.56. The van der Waals surface area contributed by atoms with Gasteiger partial charge in [-0.3, -0.25) is 4.79 Å². The molecule has 0 spiro atoms. The summed E-state index contributed by atoms with van der Waals surface area (Å²) >= 11 is 6.20. The number of benzene rings is 3. The molecule has 0 aliphatic rings. The smallest absolute Gasteiger partial charge is 0.199 e. The summed E-state index contributed by atoms with van der Waals surface area (Å²) in [5.41, 5.74) is 3.92. The molecule has 0 atom stereocenters. The first-order valence-electron chi connectivity index (χ1n) is 9.23. The SMILES string of the molecule is Cc1ccc(-n2cc(C(=O)c3ccccc3OCc3ccccc3Cl)cn2)cc1. The standard InChI is InChI=1S/C24H19ClN2O2/c1-17-10-12-20(13-11-17)27-15-19(14-26-27)24(28)21-7-3-5-9-23(21)29-16-18-6-2-4-8-22(18)25/h2-15H,16H2,1H3. The molecule has 0 bridgehead atoms. The molecule has 0 N–H and O–H groups in total. The highest BCUT2D eigenvalue weighted by Gasteiger charge is 2.17. The highest BCUT2D eigenvalue weighted by molar-refractivity contribution is 6.31. The lowest BCUT2D eigenvalue weighted by Crippen LogP contribution is -2.05. The summed E-state index contributed by atoms with van der Waals surface area (Å²) in [6.45, 7) is 2.31. The molecule has 0 amide bonds. The van der Waals surface area contributed by atoms with Gasteiger partial charge in [-0.1, -0.05) is 59.6 Å². The molecule has 29 heavy (non-hydrogen) atoms. The molecule has 0 unspecified atom stereocenters. The van der Waals surface area contributed by atoms with Gasteiger partial charge in [-0.15, -0.1) is 0 Å². The third-order valence-corrected chi connectivity index (χ3v) is 4.98. The molecule has 0 fully saturated rings. The number of ketones is 1. The number of para-hydroxylation sites is 1. The molecule has 4 aromatic rings. The topological polar surface area (TPSA) is 44.1 Å². The van der Waals surface area contributed by atoms with E-state index in [0.29, 0.717) is 21.9 Å². The molecule has 3 aromatic carbocycles. The Morgan fingerprint density at radius 3 is 2.52 bits per heavy atom. The molecule has 1 aromatic heterocycles. The molecule has 0 aliphatic carbocycles. The van der Waals surface area contributed by atoms with Gasteiger partial charge in [0.15, 0.2) is 5.78 Å². The van der Waals surface area contributed by atoms with Crippen molar-refractivity contribution < 1.29 is 9.53 Å². The second-order valence-corrected chi connectivity index (χ2v) is 7.12. The maximum absolute atomic E-state index is 13.1. The number of rotatable bonds is 6. The van der Waals surface area contributed by atoms with Crippen molar-refractivity contribution in [2.24, 2.45) is 0 Å². The fraction of sp³-hybridized carbons (Fsp3) is 0.0833. The summed E-state index contributed by atoms with van der Waals surface area (Å²) in [5.74, 6) is 0.374. The van der Waals surface area contributed by atoms with E-state index in [0.717, 1.165) is 11.3 Å². The third-order valence-electron chi connectivity index (χ3n) is 4.62. The minimum absolute atomic E-state index is 0.141. The Labute approximate surface area is 174 Å². The van der Waals surface area contributed by atoms with E-state index in [-0.39, 0.29) is 12.4 Å². The van der Waals surface area contributed by atoms with Crippen LogP contribution in [-0.4, -0.2) is 15.6 Å². The summed E-state index contributed by atoms with van der Waals surface area (Å²) in [6, 6.07) is 22.7. The molecule has 0 aliphatic heterocycles. The molecule has 5 heteroatoms. The summed E-state index contributed by atoms with van der Waals surface area (Å²) in [7, 11) is 0. The minimum atomic E-state index is -0.141. The molecule has 0 saturated heterocycles. The number of carbonyl (C=O) groups is 1. The quantitative estimate of drug-likeness (QED) is 0.392. The zero-order valence-electron chi connectivity index (χ0n) is 15.9. The van der Waals surface area contributed by atoms with Crippen molar-refractivity contribution in [3.05, 3.63) is 112 Å². The molecule has 4 rings (SSSR count). The predicted molar refractivity (Wildman–Crippen MR) is 114 cm³/mol. The maximum atomic E-state index is 13.1. The highest BCUT2D eigenvalue weighted by Crippen LogP contribution is 2.24. The molecule has 4 nitrogen and oxygen atoms in total. The van der Waals surface area contributed by atoms with Gasteiger partial charge < -0.3 is 4.74 Å². The van der Waals surface area contributed by atoms with E-state index in [2.05, 4.69) is 5.10 Å². The van der Waals surface area contributed by atoms with E-state index in [1.54, 1.807) is 29.2 Å². The van der Waals surface area contributed by atoms with Crippen LogP contribution in [0.2, 0.25) is 5.02 Å². The van der Waals surface area contributed by atoms with Gasteiger partial charge in [0.25, 0.3) is 0 Å². The maximum Gasteiger partial charge on any atom is 0.199 e. The van der Waals surface area contributed by atoms with Crippen molar-refractivity contribution in [1.82, 2.24) is 9.78 Å². The van der Waals surface area contributed by atoms with Crippen molar-refractivity contribution in [2.45, 2.75) is 13.5 Å². The molecular weight excluding hydrogens is 384 g/mol. The number of carbonyl (C=O) groups excluding carboxylic acids is 1. The first kappa shape index (κ1) is 19.0. The van der Waals surface area contributed by atoms with Crippen LogP contribution in [0.3, 0.4) is 0 Å². The van der Waals surface area contributed by atoms with Crippen LogP contribution in [0, 0.1) is 6.92 Å². The van der Waals surface area contributed by atoms with Gasteiger partial charge >= 0.3 is 0 Å². The lowest BCUT2D eigenvalue weighted by atomic mass is 10.1. The van der Waals surface area contributed by atoms with Gasteiger partial charge in [0.05, 0.1) is 23.0 Å². The normalized spacial score (nSPS) is 10.7. The number of hydrogen-bond acceptors (Lipinski definition) is 3. The van der Waals surface area contributed by atoms with Gasteiger partial charge in [0.1, 0.15) is 12.4 Å². The summed E-state index contributed by atoms with van der Waals surface area (Å²) in [6.07, 6.45) is 3.31. The van der Waals surface area contributed by atoms with Crippen LogP contribution in [0.5, 0.6) is 5.75 Å². The van der Waals surface area contributed by atoms with Crippen LogP contribution in [0.4, 0.5) is 0 Å². The average molecular weight is 403 g/mol. The number of aryl methyl sites for hydroxylation is 1. The lowest BCUT2D eigenvalue weighted by Gasteiger charge is -2.11. The number of aromatic nitrogens is 2. The van der Waals surface area contributed by atoms with Crippen LogP contribution < -0.4 is 4.74 Å². The zero-order chi connectivity index (χ0) is 20.2. The number of halogens is 1. The zero-order valence-corrected chi connectivity index (χ0v) is 16.6. The average Bonchev–Trinajstić information content (AvgIpc) is 3.24. The Hall–Kier alpha value is -3.37. The van der Waals surface area contributed by atoms with Crippen molar-refractivity contribution in [3.8, 4) is 11.4 Å². The van der Waals surface area contributed by atoms with Gasteiger partial charge in [0, 0.05) is 16.8 Å². The third kappa shape index (κ3) is 4.23. The van der Waals surface area contributed by atoms with E-state index in [1.807, 2.05) is 67.6 Å². The van der Waals surface area contributed by atoms with Crippen molar-refractivity contribution in [3.63, 3.8) is 0 Å². The Kier molecular flexibility index (Phi) is 5.45. The minimum Gasteiger partial charge on any atom is -0.488 e. The largest absolute Gasteiger partial charge is 0.488 e. The summed E-state index contributed by atoms with van der Waals surface area (Å²) in [4.78, 5) is 13.1. The number of ether oxygens (including phenoxy) is 1. The number of hydrogen-bond donors (Lipinski definition) is 0. The van der Waals surface area contributed by atoms with Crippen LogP contribution in [-0.2, 0) is 6.61 Å². The molecule has 0 saturated carbocycles. The molecule has 0 radical (unpaired) electrons. The first-order chi connectivity index (χ1) is 14.1. The molecular formula is C24H19ClN2O2. The second-order valence-electron chi connectivity index (χ2n) is 6.71. The second kappa shape index (κ2) is 8.33. The van der Waals surface area contributed by atoms with E-state index < -0.39 is 0 Å². The van der Waals surface area contributed by atoms with E-state index >= 15 is 0 Å². The van der Waals surface area contributed by atoms with Gasteiger partial charge in [0.2, 0.25) is 0 Å². The van der Waals surface area contributed by atoms with E-state index in [1.165, 1.54) is 5.56 Å². The monoisotopic (exact) mass is 402 g/mol. The van der Waals surface area contributed by atoms with Gasteiger partial charge in [-0.05, 0) is 37.3 Å². The van der Waals surface area contributed by atoms with Crippen LogP contribution in [0.1, 0.15) is 27.0 Å². The fourth-order valence-corrected chi connectivity index (χ4v) is 3.18. The number of nitrogens with zero attached hydrogens (tertiary/aromatic N) is 2. The Morgan fingerprint density at radius 1 is 1.00 bits per heavy atom. The van der Waals surface area contributed by atoms with Crippen molar-refractivity contribution in [2.75, 3.05) is 0 Å². The van der Waals surface area contributed by atoms with Crippen molar-refractivity contribution in [1.29, 1.82) is 0 Å². The Bertz CT molecular complexity index is 1150. The van der Waals surface area contributed by atoms with Crippen LogP contribution >= 0.6 is 11.6 Å². The first-order valence-corrected chi connectivity index (χ1v) is 9.61.